The average molecular weight is 397 g/mol. The predicted molar refractivity (Wildman–Crippen MR) is 103 cm³/mol. The van der Waals surface area contributed by atoms with Crippen LogP contribution in [0.2, 0.25) is 0 Å². The van der Waals surface area contributed by atoms with Gasteiger partial charge in [0.05, 0.1) is 7.11 Å². The maximum Gasteiger partial charge on any atom is 0.406 e. The molecule has 0 radical (unpaired) electrons. The Morgan fingerprint density at radius 3 is 2.46 bits per heavy atom. The molecule has 1 aromatic carbocycles. The minimum atomic E-state index is -3.60. The van der Waals surface area contributed by atoms with Gasteiger partial charge in [0.2, 0.25) is 0 Å². The number of rotatable bonds is 7. The van der Waals surface area contributed by atoms with Crippen LogP contribution in [0.5, 0.6) is 0 Å². The molecule has 1 heterocycles. The van der Waals surface area contributed by atoms with Crippen molar-refractivity contribution in [3.63, 3.8) is 0 Å². The van der Waals surface area contributed by atoms with Gasteiger partial charge in [-0.15, -0.1) is 11.3 Å². The zero-order valence-electron chi connectivity index (χ0n) is 15.3. The lowest BCUT2D eigenvalue weighted by molar-refractivity contribution is 0.171. The van der Waals surface area contributed by atoms with Crippen LogP contribution in [-0.4, -0.2) is 28.2 Å². The summed E-state index contributed by atoms with van der Waals surface area (Å²) in [6.45, 7) is 6.21. The Balaban J connectivity index is 2.04. The van der Waals surface area contributed by atoms with E-state index in [1.54, 1.807) is 12.1 Å². The van der Waals surface area contributed by atoms with E-state index in [1.807, 2.05) is 32.9 Å². The quantitative estimate of drug-likeness (QED) is 0.752. The summed E-state index contributed by atoms with van der Waals surface area (Å²) in [5, 5.41) is 2.57. The Labute approximate surface area is 158 Å². The van der Waals surface area contributed by atoms with E-state index in [1.165, 1.54) is 18.4 Å². The van der Waals surface area contributed by atoms with E-state index in [2.05, 4.69) is 20.8 Å². The molecule has 0 aliphatic rings. The van der Waals surface area contributed by atoms with Crippen LogP contribution in [0.4, 0.5) is 4.79 Å². The number of aryl methyl sites for hydroxylation is 2. The van der Waals surface area contributed by atoms with E-state index in [0.29, 0.717) is 13.0 Å². The molecular weight excluding hydrogens is 372 g/mol. The molecule has 2 N–H and O–H groups in total. The highest BCUT2D eigenvalue weighted by atomic mass is 32.2. The molecule has 142 valence electrons. The highest BCUT2D eigenvalue weighted by Gasteiger charge is 2.20. The Morgan fingerprint density at radius 2 is 1.85 bits per heavy atom. The second kappa shape index (κ2) is 8.66. The van der Waals surface area contributed by atoms with Gasteiger partial charge in [-0.2, -0.15) is 0 Å². The van der Waals surface area contributed by atoms with Gasteiger partial charge in [0.15, 0.2) is 0 Å². The Hall–Kier alpha value is -1.90. The van der Waals surface area contributed by atoms with E-state index in [4.69, 9.17) is 0 Å². The summed E-state index contributed by atoms with van der Waals surface area (Å²) in [5.41, 5.74) is 3.13. The Morgan fingerprint density at radius 1 is 1.19 bits per heavy atom. The maximum absolute atomic E-state index is 12.6. The largest absolute Gasteiger partial charge is 0.453 e. The number of nitrogens with one attached hydrogen (secondary N) is 2. The number of methoxy groups -OCH3 is 1. The molecule has 2 aromatic rings. The minimum Gasteiger partial charge on any atom is -0.453 e. The van der Waals surface area contributed by atoms with Crippen molar-refractivity contribution in [3.05, 3.63) is 51.9 Å². The first kappa shape index (κ1) is 20.4. The molecule has 0 bridgehead atoms. The molecule has 6 nitrogen and oxygen atoms in total. The van der Waals surface area contributed by atoms with Crippen molar-refractivity contribution in [1.82, 2.24) is 10.0 Å². The summed E-state index contributed by atoms with van der Waals surface area (Å²) >= 11 is 1.20. The molecule has 2 rings (SSSR count). The Bertz CT molecular complexity index is 855. The molecule has 1 amide bonds. The third kappa shape index (κ3) is 5.55. The lowest BCUT2D eigenvalue weighted by atomic mass is 10.0. The first-order valence-corrected chi connectivity index (χ1v) is 10.5. The summed E-state index contributed by atoms with van der Waals surface area (Å²) in [6, 6.07) is 9.05. The van der Waals surface area contributed by atoms with Gasteiger partial charge in [0.25, 0.3) is 10.0 Å². The third-order valence-electron chi connectivity index (χ3n) is 3.80. The number of alkyl carbamates (subject to hydrolysis) is 1. The number of thiophene rings is 1. The fourth-order valence-electron chi connectivity index (χ4n) is 2.62. The zero-order valence-corrected chi connectivity index (χ0v) is 17.0. The smallest absolute Gasteiger partial charge is 0.406 e. The van der Waals surface area contributed by atoms with E-state index in [9.17, 15) is 13.2 Å². The third-order valence-corrected chi connectivity index (χ3v) is 6.98. The van der Waals surface area contributed by atoms with Gasteiger partial charge >= 0.3 is 6.09 Å². The minimum absolute atomic E-state index is 0.266. The van der Waals surface area contributed by atoms with E-state index in [0.717, 1.165) is 21.6 Å². The zero-order chi connectivity index (χ0) is 19.3. The van der Waals surface area contributed by atoms with Crippen LogP contribution in [0.1, 0.15) is 34.5 Å². The van der Waals surface area contributed by atoms with Crippen LogP contribution in [-0.2, 0) is 21.2 Å². The summed E-state index contributed by atoms with van der Waals surface area (Å²) in [6.07, 6.45) is 0.0420. The van der Waals surface area contributed by atoms with Crippen molar-refractivity contribution < 1.29 is 17.9 Å². The fourth-order valence-corrected chi connectivity index (χ4v) is 5.22. The SMILES string of the molecule is COC(=O)NCCc1ccc(S(=O)(=O)N[C@H](C)c2cc(C)cc(C)c2)s1. The predicted octanol–water partition coefficient (Wildman–Crippen LogP) is 3.30. The molecule has 1 aromatic heterocycles. The van der Waals surface area contributed by atoms with Gasteiger partial charge in [-0.05, 0) is 44.9 Å². The molecule has 26 heavy (non-hydrogen) atoms. The van der Waals surface area contributed by atoms with Gasteiger partial charge in [-0.1, -0.05) is 29.3 Å². The van der Waals surface area contributed by atoms with Gasteiger partial charge in [0.1, 0.15) is 4.21 Å². The van der Waals surface area contributed by atoms with Crippen LogP contribution in [0.15, 0.2) is 34.5 Å². The molecule has 8 heteroatoms. The number of sulfonamides is 1. The molecule has 1 atom stereocenters. The molecule has 0 unspecified atom stereocenters. The van der Waals surface area contributed by atoms with E-state index in [-0.39, 0.29) is 10.3 Å². The summed E-state index contributed by atoms with van der Waals surface area (Å²) in [7, 11) is -2.30. The standard InChI is InChI=1S/C18H24N2O4S2/c1-12-9-13(2)11-15(10-12)14(3)20-26(22,23)17-6-5-16(25-17)7-8-19-18(21)24-4/h5-6,9-11,14,20H,7-8H2,1-4H3,(H,19,21)/t14-/m1/s1. The van der Waals surface area contributed by atoms with Crippen molar-refractivity contribution in [2.24, 2.45) is 0 Å². The van der Waals surface area contributed by atoms with Gasteiger partial charge in [0, 0.05) is 17.5 Å². The second-order valence-corrected chi connectivity index (χ2v) is 9.26. The first-order valence-electron chi connectivity index (χ1n) is 8.22. The lowest BCUT2D eigenvalue weighted by Crippen LogP contribution is -2.26. The van der Waals surface area contributed by atoms with E-state index < -0.39 is 16.1 Å². The Kier molecular flexibility index (Phi) is 6.80. The number of benzene rings is 1. The molecule has 0 spiro atoms. The normalized spacial score (nSPS) is 12.6. The molecule has 0 saturated carbocycles. The molecule has 0 fully saturated rings. The summed E-state index contributed by atoms with van der Waals surface area (Å²) in [4.78, 5) is 11.9. The van der Waals surface area contributed by atoms with Crippen LogP contribution in [0.25, 0.3) is 0 Å². The van der Waals surface area contributed by atoms with Crippen LogP contribution in [0, 0.1) is 13.8 Å². The second-order valence-electron chi connectivity index (χ2n) is 6.15. The average Bonchev–Trinajstić information content (AvgIpc) is 3.03. The summed E-state index contributed by atoms with van der Waals surface area (Å²) in [5.74, 6) is 0. The highest BCUT2D eigenvalue weighted by Crippen LogP contribution is 2.24. The van der Waals surface area contributed by atoms with Crippen molar-refractivity contribution >= 4 is 27.5 Å². The van der Waals surface area contributed by atoms with Crippen molar-refractivity contribution in [3.8, 4) is 0 Å². The monoisotopic (exact) mass is 396 g/mol. The number of ether oxygens (including phenoxy) is 1. The van der Waals surface area contributed by atoms with Crippen molar-refractivity contribution in [2.75, 3.05) is 13.7 Å². The number of hydrogen-bond acceptors (Lipinski definition) is 5. The van der Waals surface area contributed by atoms with Crippen LogP contribution >= 0.6 is 11.3 Å². The van der Waals surface area contributed by atoms with Crippen LogP contribution < -0.4 is 10.0 Å². The highest BCUT2D eigenvalue weighted by molar-refractivity contribution is 7.91. The van der Waals surface area contributed by atoms with Gasteiger partial charge in [-0.25, -0.2) is 17.9 Å². The number of hydrogen-bond donors (Lipinski definition) is 2. The number of carbonyl (C=O) groups is 1. The van der Waals surface area contributed by atoms with Crippen molar-refractivity contribution in [2.45, 2.75) is 37.4 Å². The van der Waals surface area contributed by atoms with E-state index >= 15 is 0 Å². The fraction of sp³-hybridized carbons (Fsp3) is 0.389. The molecule has 0 saturated heterocycles. The first-order chi connectivity index (χ1) is 12.2. The van der Waals surface area contributed by atoms with Crippen LogP contribution in [0.3, 0.4) is 0 Å². The van der Waals surface area contributed by atoms with Crippen molar-refractivity contribution in [1.29, 1.82) is 0 Å². The number of amides is 1. The van der Waals surface area contributed by atoms with Gasteiger partial charge < -0.3 is 10.1 Å². The maximum atomic E-state index is 12.6. The number of carbonyl (C=O) groups excluding carboxylic acids is 1. The lowest BCUT2D eigenvalue weighted by Gasteiger charge is -2.15. The summed E-state index contributed by atoms with van der Waals surface area (Å²) < 4.78 is 32.8. The topological polar surface area (TPSA) is 84.5 Å². The molecule has 0 aliphatic carbocycles. The molecular formula is C18H24N2O4S2. The molecule has 0 aliphatic heterocycles. The van der Waals surface area contributed by atoms with Gasteiger partial charge in [-0.3, -0.25) is 0 Å².